The summed E-state index contributed by atoms with van der Waals surface area (Å²) in [5, 5.41) is 7.28. The van der Waals surface area contributed by atoms with E-state index in [1.807, 2.05) is 7.05 Å². The highest BCUT2D eigenvalue weighted by Crippen LogP contribution is 2.30. The fraction of sp³-hybridized carbons (Fsp3) is 0.957. The van der Waals surface area contributed by atoms with Crippen LogP contribution in [0.5, 0.6) is 0 Å². The molecule has 0 aromatic carbocycles. The SMILES string of the molecule is CN=C(NCCCN1CCCCCC1)NCC1(N2CCCCC2)CCN(C)CC1. The van der Waals surface area contributed by atoms with Crippen LogP contribution in [0, 0.1) is 0 Å². The molecule has 3 fully saturated rings. The summed E-state index contributed by atoms with van der Waals surface area (Å²) in [4.78, 5) is 12.4. The minimum Gasteiger partial charge on any atom is -0.356 e. The van der Waals surface area contributed by atoms with Crippen LogP contribution in [0.2, 0.25) is 0 Å². The van der Waals surface area contributed by atoms with Crippen LogP contribution in [-0.2, 0) is 0 Å². The zero-order chi connectivity index (χ0) is 20.4. The molecule has 3 rings (SSSR count). The molecular formula is C23H46N6. The average Bonchev–Trinajstić information content (AvgIpc) is 3.04. The number of hydrogen-bond acceptors (Lipinski definition) is 4. The molecule has 0 aromatic rings. The third-order valence-corrected chi connectivity index (χ3v) is 7.40. The molecule has 2 N–H and O–H groups in total. The largest absolute Gasteiger partial charge is 0.356 e. The van der Waals surface area contributed by atoms with Crippen molar-refractivity contribution in [2.75, 3.05) is 73.0 Å². The fourth-order valence-electron chi connectivity index (χ4n) is 5.35. The normalized spacial score (nSPS) is 25.5. The van der Waals surface area contributed by atoms with Crippen molar-refractivity contribution in [2.45, 2.75) is 69.7 Å². The van der Waals surface area contributed by atoms with Gasteiger partial charge < -0.3 is 20.4 Å². The first-order valence-electron chi connectivity index (χ1n) is 12.3. The summed E-state index contributed by atoms with van der Waals surface area (Å²) in [5.41, 5.74) is 0.302. The quantitative estimate of drug-likeness (QED) is 0.386. The molecule has 6 nitrogen and oxygen atoms in total. The van der Waals surface area contributed by atoms with Crippen molar-refractivity contribution >= 4 is 5.96 Å². The summed E-state index contributed by atoms with van der Waals surface area (Å²) in [6.45, 7) is 10.8. The van der Waals surface area contributed by atoms with E-state index < -0.39 is 0 Å². The zero-order valence-electron chi connectivity index (χ0n) is 19.2. The van der Waals surface area contributed by atoms with Gasteiger partial charge in [-0.3, -0.25) is 9.89 Å². The number of nitrogens with one attached hydrogen (secondary N) is 2. The van der Waals surface area contributed by atoms with E-state index in [2.05, 4.69) is 37.4 Å². The number of nitrogens with zero attached hydrogens (tertiary/aromatic N) is 4. The molecule has 0 saturated carbocycles. The maximum atomic E-state index is 4.51. The van der Waals surface area contributed by atoms with Crippen molar-refractivity contribution in [3.05, 3.63) is 0 Å². The number of piperidine rings is 2. The van der Waals surface area contributed by atoms with Gasteiger partial charge in [0, 0.05) is 25.7 Å². The summed E-state index contributed by atoms with van der Waals surface area (Å²) in [5.74, 6) is 0.983. The molecule has 168 valence electrons. The van der Waals surface area contributed by atoms with Crippen molar-refractivity contribution in [1.29, 1.82) is 0 Å². The molecule has 29 heavy (non-hydrogen) atoms. The minimum absolute atomic E-state index is 0.302. The smallest absolute Gasteiger partial charge is 0.191 e. The number of aliphatic imine (C=N–C) groups is 1. The van der Waals surface area contributed by atoms with Gasteiger partial charge in [-0.25, -0.2) is 0 Å². The van der Waals surface area contributed by atoms with E-state index in [9.17, 15) is 0 Å². The highest BCUT2D eigenvalue weighted by Gasteiger charge is 2.39. The zero-order valence-corrected chi connectivity index (χ0v) is 19.2. The Kier molecular flexibility index (Phi) is 9.53. The van der Waals surface area contributed by atoms with Gasteiger partial charge in [0.2, 0.25) is 0 Å². The molecule has 0 amide bonds. The lowest BCUT2D eigenvalue weighted by atomic mass is 9.84. The molecule has 0 aliphatic carbocycles. The van der Waals surface area contributed by atoms with E-state index in [-0.39, 0.29) is 0 Å². The Hall–Kier alpha value is -0.850. The molecule has 3 heterocycles. The van der Waals surface area contributed by atoms with Crippen molar-refractivity contribution in [2.24, 2.45) is 4.99 Å². The summed E-state index contributed by atoms with van der Waals surface area (Å²) in [6.07, 6.45) is 13.4. The van der Waals surface area contributed by atoms with Crippen LogP contribution < -0.4 is 10.6 Å². The van der Waals surface area contributed by atoms with Gasteiger partial charge in [0.25, 0.3) is 0 Å². The van der Waals surface area contributed by atoms with Gasteiger partial charge in [0.1, 0.15) is 0 Å². The van der Waals surface area contributed by atoms with Crippen molar-refractivity contribution in [3.63, 3.8) is 0 Å². The van der Waals surface area contributed by atoms with Crippen molar-refractivity contribution in [3.8, 4) is 0 Å². The first kappa shape index (κ1) is 22.8. The molecule has 6 heteroatoms. The molecule has 0 atom stereocenters. The number of hydrogen-bond donors (Lipinski definition) is 2. The molecule has 3 aliphatic rings. The Labute approximate surface area is 179 Å². The lowest BCUT2D eigenvalue weighted by molar-refractivity contribution is 0.0173. The van der Waals surface area contributed by atoms with Crippen LogP contribution in [0.25, 0.3) is 0 Å². The maximum absolute atomic E-state index is 4.51. The average molecular weight is 407 g/mol. The van der Waals surface area contributed by atoms with Gasteiger partial charge in [-0.2, -0.15) is 0 Å². The van der Waals surface area contributed by atoms with Crippen LogP contribution in [0.15, 0.2) is 4.99 Å². The van der Waals surface area contributed by atoms with E-state index in [1.165, 1.54) is 110 Å². The molecule has 3 aliphatic heterocycles. The van der Waals surface area contributed by atoms with Crippen LogP contribution in [0.1, 0.15) is 64.2 Å². The second-order valence-corrected chi connectivity index (χ2v) is 9.54. The third kappa shape index (κ3) is 7.11. The van der Waals surface area contributed by atoms with Crippen LogP contribution in [-0.4, -0.2) is 99.2 Å². The van der Waals surface area contributed by atoms with Gasteiger partial charge >= 0.3 is 0 Å². The Morgan fingerprint density at radius 3 is 2.10 bits per heavy atom. The number of likely N-dealkylation sites (tertiary alicyclic amines) is 3. The Morgan fingerprint density at radius 1 is 0.828 bits per heavy atom. The van der Waals surface area contributed by atoms with E-state index in [1.54, 1.807) is 0 Å². The van der Waals surface area contributed by atoms with Crippen molar-refractivity contribution in [1.82, 2.24) is 25.3 Å². The van der Waals surface area contributed by atoms with E-state index in [0.717, 1.165) is 19.0 Å². The second kappa shape index (κ2) is 12.1. The van der Waals surface area contributed by atoms with Crippen LogP contribution in [0.4, 0.5) is 0 Å². The van der Waals surface area contributed by atoms with Crippen LogP contribution >= 0.6 is 0 Å². The van der Waals surface area contributed by atoms with Crippen molar-refractivity contribution < 1.29 is 0 Å². The first-order valence-corrected chi connectivity index (χ1v) is 12.3. The highest BCUT2D eigenvalue weighted by atomic mass is 15.3. The molecule has 0 spiro atoms. The summed E-state index contributed by atoms with van der Waals surface area (Å²) in [7, 11) is 4.17. The predicted molar refractivity (Wildman–Crippen MR) is 124 cm³/mol. The first-order chi connectivity index (χ1) is 14.2. The lowest BCUT2D eigenvalue weighted by Gasteiger charge is -2.50. The van der Waals surface area contributed by atoms with Gasteiger partial charge in [-0.1, -0.05) is 19.3 Å². The van der Waals surface area contributed by atoms with E-state index in [0.29, 0.717) is 5.54 Å². The minimum atomic E-state index is 0.302. The lowest BCUT2D eigenvalue weighted by Crippen LogP contribution is -2.62. The third-order valence-electron chi connectivity index (χ3n) is 7.40. The number of guanidine groups is 1. The monoisotopic (exact) mass is 406 g/mol. The molecule has 0 radical (unpaired) electrons. The van der Waals surface area contributed by atoms with Gasteiger partial charge in [0.05, 0.1) is 0 Å². The van der Waals surface area contributed by atoms with Crippen LogP contribution in [0.3, 0.4) is 0 Å². The fourth-order valence-corrected chi connectivity index (χ4v) is 5.35. The van der Waals surface area contributed by atoms with Gasteiger partial charge in [-0.05, 0) is 97.8 Å². The Bertz CT molecular complexity index is 472. The van der Waals surface area contributed by atoms with Gasteiger partial charge in [-0.15, -0.1) is 0 Å². The molecular weight excluding hydrogens is 360 g/mol. The van der Waals surface area contributed by atoms with E-state index in [4.69, 9.17) is 0 Å². The predicted octanol–water partition coefficient (Wildman–Crippen LogP) is 2.37. The Morgan fingerprint density at radius 2 is 1.45 bits per heavy atom. The molecule has 0 unspecified atom stereocenters. The number of rotatable bonds is 7. The Balaban J connectivity index is 1.43. The second-order valence-electron chi connectivity index (χ2n) is 9.54. The molecule has 0 aromatic heterocycles. The van der Waals surface area contributed by atoms with E-state index >= 15 is 0 Å². The summed E-state index contributed by atoms with van der Waals surface area (Å²) >= 11 is 0. The van der Waals surface area contributed by atoms with Gasteiger partial charge in [0.15, 0.2) is 5.96 Å². The highest BCUT2D eigenvalue weighted by molar-refractivity contribution is 5.79. The molecule has 3 saturated heterocycles. The topological polar surface area (TPSA) is 46.1 Å². The summed E-state index contributed by atoms with van der Waals surface area (Å²) in [6, 6.07) is 0. The molecule has 0 bridgehead atoms. The standard InChI is InChI=1S/C23H46N6/c1-24-22(25-13-10-16-28-14-6-3-4-7-15-28)26-21-23(11-19-27(2)20-12-23)29-17-8-5-9-18-29/h3-21H2,1-2H3,(H2,24,25,26). The maximum Gasteiger partial charge on any atom is 0.191 e. The summed E-state index contributed by atoms with van der Waals surface area (Å²) < 4.78 is 0.